The van der Waals surface area contributed by atoms with E-state index in [2.05, 4.69) is 33.7 Å². The monoisotopic (exact) mass is 248 g/mol. The lowest BCUT2D eigenvalue weighted by atomic mass is 10.1. The smallest absolute Gasteiger partial charge is 0.0949 e. The zero-order chi connectivity index (χ0) is 12.5. The molecule has 0 amide bonds. The van der Waals surface area contributed by atoms with Crippen LogP contribution in [0, 0.1) is 0 Å². The molecule has 0 radical (unpaired) electrons. The average molecular weight is 248 g/mol. The van der Waals surface area contributed by atoms with Crippen LogP contribution in [-0.4, -0.2) is 40.1 Å². The van der Waals surface area contributed by atoms with E-state index in [4.69, 9.17) is 0 Å². The number of imidazole rings is 1. The molecule has 1 aromatic rings. The summed E-state index contributed by atoms with van der Waals surface area (Å²) in [7, 11) is 2.26. The molecule has 0 aromatic carbocycles. The Balaban J connectivity index is 1.66. The first-order valence-corrected chi connectivity index (χ1v) is 7.21. The molecule has 2 unspecified atom stereocenters. The van der Waals surface area contributed by atoms with Gasteiger partial charge in [-0.3, -0.25) is 4.90 Å². The van der Waals surface area contributed by atoms with Gasteiger partial charge < -0.3 is 9.88 Å². The minimum atomic E-state index is 0.519. The molecule has 18 heavy (non-hydrogen) atoms. The third-order valence-corrected chi connectivity index (χ3v) is 4.44. The molecule has 1 saturated heterocycles. The van der Waals surface area contributed by atoms with Gasteiger partial charge in [0.1, 0.15) is 0 Å². The van der Waals surface area contributed by atoms with E-state index in [1.54, 1.807) is 0 Å². The van der Waals surface area contributed by atoms with Crippen LogP contribution in [0.2, 0.25) is 0 Å². The van der Waals surface area contributed by atoms with Gasteiger partial charge in [0.25, 0.3) is 0 Å². The minimum Gasteiger partial charge on any atom is -0.332 e. The molecular weight excluding hydrogens is 224 g/mol. The van der Waals surface area contributed by atoms with Crippen molar-refractivity contribution in [2.45, 2.75) is 57.3 Å². The largest absolute Gasteiger partial charge is 0.332 e. The Morgan fingerprint density at radius 1 is 1.50 bits per heavy atom. The van der Waals surface area contributed by atoms with E-state index < -0.39 is 0 Å². The highest BCUT2D eigenvalue weighted by Gasteiger charge is 2.29. The highest BCUT2D eigenvalue weighted by atomic mass is 15.2. The Morgan fingerprint density at radius 3 is 3.00 bits per heavy atom. The van der Waals surface area contributed by atoms with Gasteiger partial charge in [-0.05, 0) is 46.2 Å². The van der Waals surface area contributed by atoms with Gasteiger partial charge in [0, 0.05) is 30.9 Å². The lowest BCUT2D eigenvalue weighted by molar-refractivity contribution is 0.223. The molecule has 2 fully saturated rings. The number of aromatic nitrogens is 2. The number of hydrogen-bond donors (Lipinski definition) is 1. The summed E-state index contributed by atoms with van der Waals surface area (Å²) in [5.74, 6) is 0. The SMILES string of the molecule is CC(Cn1cncc1C1CCCN1)N(C)C1CC1. The van der Waals surface area contributed by atoms with Crippen LogP contribution in [0.15, 0.2) is 12.5 Å². The third-order valence-electron chi connectivity index (χ3n) is 4.44. The first-order chi connectivity index (χ1) is 8.75. The summed E-state index contributed by atoms with van der Waals surface area (Å²) in [6.45, 7) is 4.53. The summed E-state index contributed by atoms with van der Waals surface area (Å²) in [6, 6.07) is 1.94. The number of rotatable bonds is 5. The minimum absolute atomic E-state index is 0.519. The van der Waals surface area contributed by atoms with Crippen LogP contribution >= 0.6 is 0 Å². The molecule has 1 N–H and O–H groups in total. The topological polar surface area (TPSA) is 33.1 Å². The number of hydrogen-bond acceptors (Lipinski definition) is 3. The van der Waals surface area contributed by atoms with Gasteiger partial charge in [0.15, 0.2) is 0 Å². The summed E-state index contributed by atoms with van der Waals surface area (Å²) in [4.78, 5) is 6.86. The molecule has 2 atom stereocenters. The van der Waals surface area contributed by atoms with E-state index >= 15 is 0 Å². The van der Waals surface area contributed by atoms with Crippen molar-refractivity contribution in [1.82, 2.24) is 19.8 Å². The standard InChI is InChI=1S/C14H24N4/c1-11(17(2)12-5-6-12)9-18-10-15-8-14(18)13-4-3-7-16-13/h8,10-13,16H,3-7,9H2,1-2H3. The lowest BCUT2D eigenvalue weighted by Gasteiger charge is -2.26. The molecule has 4 heteroatoms. The maximum atomic E-state index is 4.34. The number of likely N-dealkylation sites (N-methyl/N-ethyl adjacent to an activating group) is 1. The highest BCUT2D eigenvalue weighted by Crippen LogP contribution is 2.28. The van der Waals surface area contributed by atoms with Crippen molar-refractivity contribution in [3.8, 4) is 0 Å². The molecule has 3 rings (SSSR count). The fraction of sp³-hybridized carbons (Fsp3) is 0.786. The normalized spacial score (nSPS) is 25.8. The van der Waals surface area contributed by atoms with E-state index in [0.717, 1.165) is 19.1 Å². The van der Waals surface area contributed by atoms with Crippen molar-refractivity contribution in [3.63, 3.8) is 0 Å². The quantitative estimate of drug-likeness (QED) is 0.862. The van der Waals surface area contributed by atoms with Gasteiger partial charge in [0.05, 0.1) is 12.0 Å². The number of nitrogens with zero attached hydrogens (tertiary/aromatic N) is 3. The molecule has 0 bridgehead atoms. The molecule has 1 aliphatic heterocycles. The first-order valence-electron chi connectivity index (χ1n) is 7.21. The first kappa shape index (κ1) is 12.2. The van der Waals surface area contributed by atoms with Crippen molar-refractivity contribution in [2.24, 2.45) is 0 Å². The van der Waals surface area contributed by atoms with Crippen molar-refractivity contribution in [3.05, 3.63) is 18.2 Å². The van der Waals surface area contributed by atoms with Crippen LogP contribution in [0.4, 0.5) is 0 Å². The fourth-order valence-corrected chi connectivity index (χ4v) is 2.97. The Bertz CT molecular complexity index is 390. The summed E-state index contributed by atoms with van der Waals surface area (Å²) >= 11 is 0. The molecule has 0 spiro atoms. The highest BCUT2D eigenvalue weighted by molar-refractivity contribution is 5.07. The Hall–Kier alpha value is -0.870. The zero-order valence-electron chi connectivity index (χ0n) is 11.5. The zero-order valence-corrected chi connectivity index (χ0v) is 11.5. The van der Waals surface area contributed by atoms with Gasteiger partial charge in [0.2, 0.25) is 0 Å². The van der Waals surface area contributed by atoms with Gasteiger partial charge in [-0.1, -0.05) is 0 Å². The third kappa shape index (κ3) is 2.45. The Kier molecular flexibility index (Phi) is 3.39. The number of nitrogens with one attached hydrogen (secondary N) is 1. The predicted molar refractivity (Wildman–Crippen MR) is 72.5 cm³/mol. The van der Waals surface area contributed by atoms with Crippen molar-refractivity contribution < 1.29 is 0 Å². The van der Waals surface area contributed by atoms with Crippen LogP contribution in [-0.2, 0) is 6.54 Å². The average Bonchev–Trinajstić information content (AvgIpc) is 2.88. The molecule has 2 heterocycles. The second-order valence-corrected chi connectivity index (χ2v) is 5.87. The van der Waals surface area contributed by atoms with Gasteiger partial charge in [-0.2, -0.15) is 0 Å². The second kappa shape index (κ2) is 5.02. The second-order valence-electron chi connectivity index (χ2n) is 5.87. The van der Waals surface area contributed by atoms with Crippen LogP contribution < -0.4 is 5.32 Å². The van der Waals surface area contributed by atoms with Crippen LogP contribution in [0.25, 0.3) is 0 Å². The maximum Gasteiger partial charge on any atom is 0.0949 e. The summed E-state index contributed by atoms with van der Waals surface area (Å²) in [6.07, 6.45) is 9.31. The molecule has 100 valence electrons. The maximum absolute atomic E-state index is 4.34. The van der Waals surface area contributed by atoms with Crippen molar-refractivity contribution in [2.75, 3.05) is 13.6 Å². The van der Waals surface area contributed by atoms with Crippen LogP contribution in [0.1, 0.15) is 44.3 Å². The lowest BCUT2D eigenvalue weighted by Crippen LogP contribution is -2.35. The van der Waals surface area contributed by atoms with Crippen molar-refractivity contribution >= 4 is 0 Å². The van der Waals surface area contributed by atoms with E-state index in [1.165, 1.54) is 31.4 Å². The molecule has 1 aromatic heterocycles. The molecule has 1 aliphatic carbocycles. The summed E-state index contributed by atoms with van der Waals surface area (Å²) in [5, 5.41) is 3.56. The predicted octanol–water partition coefficient (Wildman–Crippen LogP) is 1.79. The van der Waals surface area contributed by atoms with E-state index in [9.17, 15) is 0 Å². The Morgan fingerprint density at radius 2 is 2.33 bits per heavy atom. The van der Waals surface area contributed by atoms with Crippen LogP contribution in [0.5, 0.6) is 0 Å². The van der Waals surface area contributed by atoms with E-state index in [1.807, 2.05) is 12.5 Å². The fourth-order valence-electron chi connectivity index (χ4n) is 2.97. The molecule has 4 nitrogen and oxygen atoms in total. The Labute approximate surface area is 109 Å². The summed E-state index contributed by atoms with van der Waals surface area (Å²) in [5.41, 5.74) is 1.36. The van der Waals surface area contributed by atoms with E-state index in [-0.39, 0.29) is 0 Å². The van der Waals surface area contributed by atoms with Crippen molar-refractivity contribution in [1.29, 1.82) is 0 Å². The molecular formula is C14H24N4. The van der Waals surface area contributed by atoms with Crippen LogP contribution in [0.3, 0.4) is 0 Å². The van der Waals surface area contributed by atoms with E-state index in [0.29, 0.717) is 12.1 Å². The molecule has 1 saturated carbocycles. The summed E-state index contributed by atoms with van der Waals surface area (Å²) < 4.78 is 2.34. The molecule has 2 aliphatic rings. The van der Waals surface area contributed by atoms with Gasteiger partial charge >= 0.3 is 0 Å². The van der Waals surface area contributed by atoms with Gasteiger partial charge in [-0.15, -0.1) is 0 Å². The van der Waals surface area contributed by atoms with Gasteiger partial charge in [-0.25, -0.2) is 4.98 Å².